The molecule has 1 rings (SSSR count). The molecule has 0 bridgehead atoms. The van der Waals surface area contributed by atoms with Crippen LogP contribution in [0.2, 0.25) is 0 Å². The van der Waals surface area contributed by atoms with Crippen LogP contribution in [0.4, 0.5) is 0 Å². The molecular formula is C11H17NO4S. The van der Waals surface area contributed by atoms with Gasteiger partial charge in [-0.05, 0) is 13.8 Å². The van der Waals surface area contributed by atoms with Gasteiger partial charge in [-0.2, -0.15) is 0 Å². The zero-order chi connectivity index (χ0) is 13.2. The maximum atomic E-state index is 11.9. The summed E-state index contributed by atoms with van der Waals surface area (Å²) in [6.07, 6.45) is 0.190. The third-order valence-electron chi connectivity index (χ3n) is 2.52. The number of amides is 2. The quantitative estimate of drug-likeness (QED) is 0.749. The van der Waals surface area contributed by atoms with Gasteiger partial charge in [0.05, 0.1) is 11.7 Å². The third-order valence-corrected chi connectivity index (χ3v) is 3.84. The van der Waals surface area contributed by atoms with Gasteiger partial charge >= 0.3 is 5.97 Å². The maximum absolute atomic E-state index is 11.9. The summed E-state index contributed by atoms with van der Waals surface area (Å²) in [4.78, 5) is 35.3. The van der Waals surface area contributed by atoms with Gasteiger partial charge in [0.2, 0.25) is 11.8 Å². The van der Waals surface area contributed by atoms with Gasteiger partial charge in [0.1, 0.15) is 0 Å². The van der Waals surface area contributed by atoms with Gasteiger partial charge in [0.15, 0.2) is 0 Å². The molecule has 0 spiro atoms. The van der Waals surface area contributed by atoms with E-state index in [0.29, 0.717) is 0 Å². The predicted molar refractivity (Wildman–Crippen MR) is 64.7 cm³/mol. The van der Waals surface area contributed by atoms with Crippen molar-refractivity contribution in [2.75, 3.05) is 0 Å². The van der Waals surface area contributed by atoms with Crippen molar-refractivity contribution < 1.29 is 19.5 Å². The molecule has 1 saturated heterocycles. The lowest BCUT2D eigenvalue weighted by atomic mass is 10.3. The Balaban J connectivity index is 2.60. The number of hydrogen-bond acceptors (Lipinski definition) is 4. The zero-order valence-corrected chi connectivity index (χ0v) is 11.0. The number of carboxylic acid groups (broad SMARTS) is 1. The Morgan fingerprint density at radius 1 is 1.47 bits per heavy atom. The number of rotatable bonds is 5. The molecule has 0 saturated carbocycles. The molecule has 0 aromatic rings. The topological polar surface area (TPSA) is 74.7 Å². The fourth-order valence-electron chi connectivity index (χ4n) is 1.85. The summed E-state index contributed by atoms with van der Waals surface area (Å²) >= 11 is 1.28. The molecule has 0 aromatic carbocycles. The summed E-state index contributed by atoms with van der Waals surface area (Å²) < 4.78 is 0. The van der Waals surface area contributed by atoms with Crippen LogP contribution < -0.4 is 0 Å². The highest BCUT2D eigenvalue weighted by atomic mass is 32.2. The van der Waals surface area contributed by atoms with E-state index in [0.717, 1.165) is 0 Å². The van der Waals surface area contributed by atoms with Crippen molar-refractivity contribution in [3.63, 3.8) is 0 Å². The van der Waals surface area contributed by atoms with E-state index in [1.807, 2.05) is 0 Å². The van der Waals surface area contributed by atoms with Crippen molar-refractivity contribution in [1.82, 2.24) is 4.90 Å². The van der Waals surface area contributed by atoms with Crippen molar-refractivity contribution in [1.29, 1.82) is 0 Å². The minimum absolute atomic E-state index is 0.00428. The summed E-state index contributed by atoms with van der Waals surface area (Å²) in [7, 11) is 0. The Morgan fingerprint density at radius 3 is 2.47 bits per heavy atom. The highest BCUT2D eigenvalue weighted by Crippen LogP contribution is 2.30. The number of aliphatic carboxylic acids is 1. The first-order valence-electron chi connectivity index (χ1n) is 5.56. The van der Waals surface area contributed by atoms with E-state index in [1.165, 1.54) is 16.7 Å². The molecule has 2 atom stereocenters. The number of nitrogens with zero attached hydrogens (tertiary/aromatic N) is 1. The van der Waals surface area contributed by atoms with Crippen LogP contribution in [0, 0.1) is 0 Å². The molecule has 0 aliphatic carbocycles. The van der Waals surface area contributed by atoms with E-state index in [1.54, 1.807) is 20.8 Å². The molecule has 1 N–H and O–H groups in total. The summed E-state index contributed by atoms with van der Waals surface area (Å²) in [5.74, 6) is -1.24. The number of thioether (sulfide) groups is 1. The highest BCUT2D eigenvalue weighted by Gasteiger charge is 2.40. The number of likely N-dealkylation sites (tertiary alicyclic amines) is 1. The van der Waals surface area contributed by atoms with E-state index in [9.17, 15) is 14.4 Å². The van der Waals surface area contributed by atoms with Crippen molar-refractivity contribution in [2.24, 2.45) is 0 Å². The van der Waals surface area contributed by atoms with Gasteiger partial charge in [0.25, 0.3) is 0 Å². The molecule has 17 heavy (non-hydrogen) atoms. The Morgan fingerprint density at radius 2 is 2.06 bits per heavy atom. The van der Waals surface area contributed by atoms with E-state index < -0.39 is 11.2 Å². The number of carbonyl (C=O) groups is 3. The lowest BCUT2D eigenvalue weighted by Gasteiger charge is -2.19. The lowest BCUT2D eigenvalue weighted by molar-refractivity contribution is -0.140. The molecule has 1 fully saturated rings. The monoisotopic (exact) mass is 259 g/mol. The summed E-state index contributed by atoms with van der Waals surface area (Å²) in [5.41, 5.74) is 0. The number of imide groups is 1. The SMILES string of the molecule is CC(CC(=O)O)SC1CC(=O)N(C(C)C)C1=O. The van der Waals surface area contributed by atoms with E-state index in [4.69, 9.17) is 5.11 Å². The Kier molecular flexibility index (Phi) is 4.56. The van der Waals surface area contributed by atoms with Crippen LogP contribution in [0.15, 0.2) is 0 Å². The second kappa shape index (κ2) is 5.53. The second-order valence-electron chi connectivity index (χ2n) is 4.43. The minimum Gasteiger partial charge on any atom is -0.481 e. The number of carbonyl (C=O) groups excluding carboxylic acids is 2. The van der Waals surface area contributed by atoms with E-state index in [2.05, 4.69) is 0 Å². The normalized spacial score (nSPS) is 22.4. The zero-order valence-electron chi connectivity index (χ0n) is 10.2. The third kappa shape index (κ3) is 3.46. The molecular weight excluding hydrogens is 242 g/mol. The van der Waals surface area contributed by atoms with E-state index >= 15 is 0 Å². The van der Waals surface area contributed by atoms with Crippen molar-refractivity contribution in [3.8, 4) is 0 Å². The van der Waals surface area contributed by atoms with Crippen LogP contribution in [0.1, 0.15) is 33.6 Å². The van der Waals surface area contributed by atoms with Crippen LogP contribution in [-0.2, 0) is 14.4 Å². The van der Waals surface area contributed by atoms with Crippen LogP contribution in [0.25, 0.3) is 0 Å². The van der Waals surface area contributed by atoms with Crippen LogP contribution in [-0.4, -0.2) is 44.3 Å². The first-order valence-corrected chi connectivity index (χ1v) is 6.50. The van der Waals surface area contributed by atoms with Gasteiger partial charge < -0.3 is 5.11 Å². The number of hydrogen-bond donors (Lipinski definition) is 1. The van der Waals surface area contributed by atoms with Crippen LogP contribution in [0.5, 0.6) is 0 Å². The molecule has 1 aliphatic heterocycles. The molecule has 96 valence electrons. The number of carboxylic acids is 1. The summed E-state index contributed by atoms with van der Waals surface area (Å²) in [6, 6.07) is -0.129. The van der Waals surface area contributed by atoms with Gasteiger partial charge in [-0.1, -0.05) is 6.92 Å². The average Bonchev–Trinajstić information content (AvgIpc) is 2.39. The maximum Gasteiger partial charge on any atom is 0.304 e. The van der Waals surface area contributed by atoms with Crippen molar-refractivity contribution in [3.05, 3.63) is 0 Å². The molecule has 5 nitrogen and oxygen atoms in total. The molecule has 2 unspecified atom stereocenters. The first kappa shape index (κ1) is 14.0. The smallest absolute Gasteiger partial charge is 0.304 e. The molecule has 0 aromatic heterocycles. The molecule has 2 amide bonds. The standard InChI is InChI=1S/C11H17NO4S/c1-6(2)12-9(13)5-8(11(12)16)17-7(3)4-10(14)15/h6-8H,4-5H2,1-3H3,(H,14,15). The minimum atomic E-state index is -0.887. The van der Waals surface area contributed by atoms with Gasteiger partial charge in [-0.3, -0.25) is 19.3 Å². The first-order chi connectivity index (χ1) is 7.82. The largest absolute Gasteiger partial charge is 0.481 e. The Hall–Kier alpha value is -1.04. The van der Waals surface area contributed by atoms with Gasteiger partial charge in [-0.25, -0.2) is 0 Å². The highest BCUT2D eigenvalue weighted by molar-refractivity contribution is 8.01. The molecule has 6 heteroatoms. The fourth-order valence-corrected chi connectivity index (χ4v) is 3.11. The van der Waals surface area contributed by atoms with Gasteiger partial charge in [-0.15, -0.1) is 11.8 Å². The summed E-state index contributed by atoms with van der Waals surface area (Å²) in [5, 5.41) is 8.06. The average molecular weight is 259 g/mol. The molecule has 1 aliphatic rings. The summed E-state index contributed by atoms with van der Waals surface area (Å²) in [6.45, 7) is 5.35. The fraction of sp³-hybridized carbons (Fsp3) is 0.727. The predicted octanol–water partition coefficient (Wildman–Crippen LogP) is 1.12. The Bertz CT molecular complexity index is 342. The van der Waals surface area contributed by atoms with E-state index in [-0.39, 0.29) is 35.9 Å². The molecule has 1 heterocycles. The van der Waals surface area contributed by atoms with Crippen LogP contribution in [0.3, 0.4) is 0 Å². The van der Waals surface area contributed by atoms with Crippen molar-refractivity contribution in [2.45, 2.75) is 50.2 Å². The van der Waals surface area contributed by atoms with Gasteiger partial charge in [0, 0.05) is 17.7 Å². The Labute approximate surface area is 105 Å². The van der Waals surface area contributed by atoms with Crippen molar-refractivity contribution >= 4 is 29.5 Å². The molecule has 0 radical (unpaired) electrons. The van der Waals surface area contributed by atoms with Crippen LogP contribution >= 0.6 is 11.8 Å². The second-order valence-corrected chi connectivity index (χ2v) is 6.08. The lowest BCUT2D eigenvalue weighted by Crippen LogP contribution is -2.37.